The number of ether oxygens (including phenoxy) is 1. The quantitative estimate of drug-likeness (QED) is 0.427. The highest BCUT2D eigenvalue weighted by atomic mass is 16.5. The highest BCUT2D eigenvalue weighted by Gasteiger charge is 2.16. The molecule has 0 saturated carbocycles. The lowest BCUT2D eigenvalue weighted by atomic mass is 10.4. The third-order valence-electron chi connectivity index (χ3n) is 3.15. The summed E-state index contributed by atoms with van der Waals surface area (Å²) in [6.45, 7) is 8.61. The first-order valence-corrected chi connectivity index (χ1v) is 7.36. The molecule has 7 heteroatoms. The van der Waals surface area contributed by atoms with Gasteiger partial charge in [0.25, 0.3) is 0 Å². The minimum atomic E-state index is 0.553. The molecule has 0 spiro atoms. The molecule has 0 atom stereocenters. The monoisotopic (exact) mass is 280 g/mol. The number of fused-ring (bicyclic) bond motifs is 1. The minimum Gasteiger partial charge on any atom is -0.380 e. The summed E-state index contributed by atoms with van der Waals surface area (Å²) in [5.41, 5.74) is 0. The molecule has 1 aliphatic rings. The summed E-state index contributed by atoms with van der Waals surface area (Å²) in [6.07, 6.45) is 2.19. The average molecular weight is 280 g/mol. The van der Waals surface area contributed by atoms with Gasteiger partial charge in [0.05, 0.1) is 6.61 Å². The van der Waals surface area contributed by atoms with Crippen LogP contribution in [0.4, 0.5) is 0 Å². The van der Waals surface area contributed by atoms with E-state index in [4.69, 9.17) is 4.74 Å². The van der Waals surface area contributed by atoms with E-state index in [1.165, 1.54) is 0 Å². The van der Waals surface area contributed by atoms with E-state index >= 15 is 0 Å². The lowest BCUT2D eigenvalue weighted by Gasteiger charge is -2.11. The fourth-order valence-corrected chi connectivity index (χ4v) is 2.21. The van der Waals surface area contributed by atoms with Crippen LogP contribution in [-0.4, -0.2) is 47.0 Å². The van der Waals surface area contributed by atoms with E-state index in [-0.39, 0.29) is 0 Å². The molecule has 1 aliphatic heterocycles. The molecule has 0 amide bonds. The normalized spacial score (nSPS) is 14.4. The van der Waals surface area contributed by atoms with Crippen molar-refractivity contribution in [2.75, 3.05) is 26.3 Å². The van der Waals surface area contributed by atoms with Gasteiger partial charge in [-0.15, -0.1) is 10.2 Å². The second-order valence-corrected chi connectivity index (χ2v) is 4.61. The van der Waals surface area contributed by atoms with E-state index in [9.17, 15) is 0 Å². The van der Waals surface area contributed by atoms with E-state index < -0.39 is 0 Å². The van der Waals surface area contributed by atoms with E-state index in [1.807, 2.05) is 6.92 Å². The number of nitrogens with one attached hydrogen (secondary N) is 2. The second kappa shape index (κ2) is 7.84. The SMILES string of the molecule is CCNC(=NCc1nnc2n1CCC2)NCCOCC. The summed E-state index contributed by atoms with van der Waals surface area (Å²) < 4.78 is 7.48. The highest BCUT2D eigenvalue weighted by Crippen LogP contribution is 2.14. The summed E-state index contributed by atoms with van der Waals surface area (Å²) in [4.78, 5) is 4.55. The molecule has 1 aromatic rings. The topological polar surface area (TPSA) is 76.4 Å². The van der Waals surface area contributed by atoms with Gasteiger partial charge in [-0.1, -0.05) is 0 Å². The summed E-state index contributed by atoms with van der Waals surface area (Å²) in [5.74, 6) is 2.83. The smallest absolute Gasteiger partial charge is 0.191 e. The number of hydrogen-bond acceptors (Lipinski definition) is 4. The van der Waals surface area contributed by atoms with Crippen LogP contribution in [0.25, 0.3) is 0 Å². The number of aliphatic imine (C=N–C) groups is 1. The number of aryl methyl sites for hydroxylation is 1. The molecular weight excluding hydrogens is 256 g/mol. The highest BCUT2D eigenvalue weighted by molar-refractivity contribution is 5.79. The van der Waals surface area contributed by atoms with Gasteiger partial charge in [0.1, 0.15) is 12.4 Å². The van der Waals surface area contributed by atoms with E-state index in [0.29, 0.717) is 13.2 Å². The molecular formula is C13H24N6O. The van der Waals surface area contributed by atoms with Crippen LogP contribution in [0.15, 0.2) is 4.99 Å². The predicted octanol–water partition coefficient (Wildman–Crippen LogP) is 0.316. The Balaban J connectivity index is 1.87. The largest absolute Gasteiger partial charge is 0.380 e. The average Bonchev–Trinajstić information content (AvgIpc) is 3.04. The Morgan fingerprint density at radius 2 is 2.25 bits per heavy atom. The predicted molar refractivity (Wildman–Crippen MR) is 77.7 cm³/mol. The Labute approximate surface area is 119 Å². The first-order valence-electron chi connectivity index (χ1n) is 7.36. The third-order valence-corrected chi connectivity index (χ3v) is 3.15. The molecule has 1 aromatic heterocycles. The Kier molecular flexibility index (Phi) is 5.79. The summed E-state index contributed by atoms with van der Waals surface area (Å²) in [5, 5.41) is 14.9. The lowest BCUT2D eigenvalue weighted by Crippen LogP contribution is -2.39. The van der Waals surface area contributed by atoms with Crippen LogP contribution in [0.1, 0.15) is 31.9 Å². The molecule has 20 heavy (non-hydrogen) atoms. The van der Waals surface area contributed by atoms with Gasteiger partial charge in [0.2, 0.25) is 0 Å². The van der Waals surface area contributed by atoms with E-state index in [2.05, 4.69) is 37.3 Å². The zero-order valence-electron chi connectivity index (χ0n) is 12.4. The van der Waals surface area contributed by atoms with Gasteiger partial charge in [-0.05, 0) is 20.3 Å². The third kappa shape index (κ3) is 3.93. The van der Waals surface area contributed by atoms with Gasteiger partial charge in [0.15, 0.2) is 11.8 Å². The van der Waals surface area contributed by atoms with Gasteiger partial charge in [-0.2, -0.15) is 0 Å². The Morgan fingerprint density at radius 3 is 3.05 bits per heavy atom. The van der Waals surface area contributed by atoms with Crippen molar-refractivity contribution in [3.05, 3.63) is 11.6 Å². The maximum absolute atomic E-state index is 5.30. The molecule has 7 nitrogen and oxygen atoms in total. The molecule has 0 aliphatic carbocycles. The van der Waals surface area contributed by atoms with Crippen molar-refractivity contribution < 1.29 is 4.74 Å². The van der Waals surface area contributed by atoms with Gasteiger partial charge in [-0.25, -0.2) is 4.99 Å². The van der Waals surface area contributed by atoms with Crippen LogP contribution in [0.3, 0.4) is 0 Å². The van der Waals surface area contributed by atoms with Crippen molar-refractivity contribution in [3.8, 4) is 0 Å². The van der Waals surface area contributed by atoms with Crippen molar-refractivity contribution >= 4 is 5.96 Å². The van der Waals surface area contributed by atoms with Gasteiger partial charge < -0.3 is 19.9 Å². The van der Waals surface area contributed by atoms with Crippen LogP contribution in [0.2, 0.25) is 0 Å². The minimum absolute atomic E-state index is 0.553. The number of guanidine groups is 1. The number of rotatable bonds is 7. The maximum Gasteiger partial charge on any atom is 0.191 e. The van der Waals surface area contributed by atoms with Crippen molar-refractivity contribution in [1.82, 2.24) is 25.4 Å². The first kappa shape index (κ1) is 14.8. The molecule has 0 radical (unpaired) electrons. The Hall–Kier alpha value is -1.63. The van der Waals surface area contributed by atoms with Gasteiger partial charge >= 0.3 is 0 Å². The van der Waals surface area contributed by atoms with Crippen LogP contribution < -0.4 is 10.6 Å². The van der Waals surface area contributed by atoms with E-state index in [0.717, 1.165) is 56.7 Å². The van der Waals surface area contributed by atoms with Crippen LogP contribution >= 0.6 is 0 Å². The second-order valence-electron chi connectivity index (χ2n) is 4.61. The Bertz CT molecular complexity index is 442. The fourth-order valence-electron chi connectivity index (χ4n) is 2.21. The fraction of sp³-hybridized carbons (Fsp3) is 0.769. The lowest BCUT2D eigenvalue weighted by molar-refractivity contribution is 0.152. The van der Waals surface area contributed by atoms with Crippen LogP contribution in [0.5, 0.6) is 0 Å². The van der Waals surface area contributed by atoms with Crippen molar-refractivity contribution in [2.24, 2.45) is 4.99 Å². The number of hydrogen-bond donors (Lipinski definition) is 2. The number of aromatic nitrogens is 3. The summed E-state index contributed by atoms with van der Waals surface area (Å²) >= 11 is 0. The molecule has 0 fully saturated rings. The van der Waals surface area contributed by atoms with E-state index in [1.54, 1.807) is 0 Å². The molecule has 2 heterocycles. The van der Waals surface area contributed by atoms with Crippen molar-refractivity contribution in [3.63, 3.8) is 0 Å². The number of nitrogens with zero attached hydrogens (tertiary/aromatic N) is 4. The van der Waals surface area contributed by atoms with Gasteiger partial charge in [0, 0.05) is 32.7 Å². The molecule has 2 N–H and O–H groups in total. The maximum atomic E-state index is 5.30. The molecule has 0 aromatic carbocycles. The van der Waals surface area contributed by atoms with Crippen molar-refractivity contribution in [1.29, 1.82) is 0 Å². The summed E-state index contributed by atoms with van der Waals surface area (Å²) in [7, 11) is 0. The summed E-state index contributed by atoms with van der Waals surface area (Å²) in [6, 6.07) is 0. The standard InChI is InChI=1S/C13H24N6O/c1-3-14-13(15-7-9-20-4-2)16-10-12-18-17-11-6-5-8-19(11)12/h3-10H2,1-2H3,(H2,14,15,16). The molecule has 112 valence electrons. The van der Waals surface area contributed by atoms with Crippen molar-refractivity contribution in [2.45, 2.75) is 39.8 Å². The molecule has 0 bridgehead atoms. The van der Waals surface area contributed by atoms with Crippen LogP contribution in [0, 0.1) is 0 Å². The van der Waals surface area contributed by atoms with Crippen LogP contribution in [-0.2, 0) is 24.2 Å². The molecule has 0 saturated heterocycles. The Morgan fingerprint density at radius 1 is 1.35 bits per heavy atom. The first-order chi connectivity index (χ1) is 9.85. The molecule has 0 unspecified atom stereocenters. The zero-order chi connectivity index (χ0) is 14.2. The molecule has 2 rings (SSSR count). The van der Waals surface area contributed by atoms with Gasteiger partial charge in [-0.3, -0.25) is 0 Å². The zero-order valence-corrected chi connectivity index (χ0v) is 12.4.